The Labute approximate surface area is 71.4 Å². The van der Waals surface area contributed by atoms with E-state index < -0.39 is 16.1 Å². The Bertz CT molecular complexity index is 236. The van der Waals surface area contributed by atoms with Gasteiger partial charge in [0.05, 0.1) is 0 Å². The summed E-state index contributed by atoms with van der Waals surface area (Å²) in [6, 6.07) is 0. The summed E-state index contributed by atoms with van der Waals surface area (Å²) in [7, 11) is 0. The molecule has 0 aromatic carbocycles. The summed E-state index contributed by atoms with van der Waals surface area (Å²) >= 11 is -2.12. The van der Waals surface area contributed by atoms with Crippen molar-refractivity contribution >= 4 is 4.17 Å². The molecule has 0 saturated carbocycles. The third-order valence-electron chi connectivity index (χ3n) is 1.77. The van der Waals surface area contributed by atoms with Gasteiger partial charge in [0.1, 0.15) is 0 Å². The number of allylic oxidation sites excluding steroid dienone is 4. The monoisotopic (exact) mass is 333 g/mol. The molecule has 2 heteroatoms. The average Bonchev–Trinajstić information content (AvgIpc) is 2.37. The number of carbonyl (C=O) groups excluding carboxylic acids is 1. The molecular weight excluding hydrogens is 319 g/mol. The molecule has 0 aromatic rings. The molecule has 1 aliphatic rings. The third-order valence-corrected chi connectivity index (χ3v) is 10.3. The maximum absolute atomic E-state index is 11.3. The van der Waals surface area contributed by atoms with Crippen molar-refractivity contribution in [2.24, 2.45) is 0 Å². The van der Waals surface area contributed by atoms with Gasteiger partial charge in [0, 0.05) is 0 Å². The van der Waals surface area contributed by atoms with Crippen LogP contribution in [0.25, 0.3) is 0 Å². The Hall–Kier alpha value is -0.162. The average molecular weight is 333 g/mol. The van der Waals surface area contributed by atoms with Gasteiger partial charge in [0.25, 0.3) is 0 Å². The number of rotatable bonds is 2. The molecule has 0 aromatic heterocycles. The zero-order valence-electron chi connectivity index (χ0n) is 7.16. The second-order valence-electron chi connectivity index (χ2n) is 2.66. The first-order valence-corrected chi connectivity index (χ1v) is 10.2. The second kappa shape index (κ2) is 3.06. The van der Waals surface area contributed by atoms with Gasteiger partial charge in [-0.3, -0.25) is 0 Å². The molecule has 0 atom stereocenters. The summed E-state index contributed by atoms with van der Waals surface area (Å²) in [5.41, 5.74) is 0. The first-order valence-electron chi connectivity index (χ1n) is 3.37. The molecule has 66 valence electrons. The first kappa shape index (κ1) is 8.93. The van der Waals surface area contributed by atoms with Crippen LogP contribution in [0.4, 0.5) is 0 Å². The molecule has 0 aliphatic heterocycles. The van der Waals surface area contributed by atoms with Gasteiger partial charge in [-0.25, -0.2) is 0 Å². The second-order valence-corrected chi connectivity index (χ2v) is 13.1. The standard InChI is InChI=1S/C5H5.C2H3O.2CH3.Pt/c1-2-4-5-3-1;1-2-3;;;/h1-3H,4H2;1H3;2*1H3;. The molecular formula is C9H14OPt. The zero-order chi connectivity index (χ0) is 8.48. The molecule has 1 rings (SSSR count). The summed E-state index contributed by atoms with van der Waals surface area (Å²) in [4.78, 5) is 11.3. The van der Waals surface area contributed by atoms with Crippen LogP contribution in [0, 0.1) is 0 Å². The van der Waals surface area contributed by atoms with Gasteiger partial charge < -0.3 is 0 Å². The Balaban J connectivity index is 2.81. The number of hydrogen-bond donors (Lipinski definition) is 0. The molecule has 0 unspecified atom stereocenters. The molecule has 0 N–H and O–H groups in total. The van der Waals surface area contributed by atoms with Crippen molar-refractivity contribution in [2.75, 3.05) is 0 Å². The normalized spacial score (nSPS) is 18.3. The maximum atomic E-state index is 11.3. The molecule has 0 heterocycles. The van der Waals surface area contributed by atoms with E-state index in [9.17, 15) is 4.79 Å². The van der Waals surface area contributed by atoms with Crippen LogP contribution in [0.1, 0.15) is 13.3 Å². The van der Waals surface area contributed by atoms with Gasteiger partial charge in [-0.1, -0.05) is 0 Å². The topological polar surface area (TPSA) is 17.1 Å². The molecule has 0 amide bonds. The van der Waals surface area contributed by atoms with Gasteiger partial charge in [0.2, 0.25) is 0 Å². The minimum absolute atomic E-state index is 0.424. The van der Waals surface area contributed by atoms with Crippen LogP contribution >= 0.6 is 0 Å². The Kier molecular flexibility index (Phi) is 2.49. The van der Waals surface area contributed by atoms with Crippen LogP contribution in [0.3, 0.4) is 0 Å². The van der Waals surface area contributed by atoms with E-state index in [0.29, 0.717) is 4.17 Å². The molecule has 11 heavy (non-hydrogen) atoms. The van der Waals surface area contributed by atoms with Crippen LogP contribution in [0.5, 0.6) is 0 Å². The van der Waals surface area contributed by atoms with Crippen LogP contribution < -0.4 is 0 Å². The van der Waals surface area contributed by atoms with Gasteiger partial charge in [-0.15, -0.1) is 0 Å². The zero-order valence-corrected chi connectivity index (χ0v) is 9.44. The molecule has 0 bridgehead atoms. The van der Waals surface area contributed by atoms with Gasteiger partial charge in [-0.05, 0) is 0 Å². The predicted molar refractivity (Wildman–Crippen MR) is 44.2 cm³/mol. The fourth-order valence-corrected chi connectivity index (χ4v) is 4.46. The molecule has 1 aliphatic carbocycles. The van der Waals surface area contributed by atoms with Gasteiger partial charge in [-0.2, -0.15) is 0 Å². The van der Waals surface area contributed by atoms with E-state index in [2.05, 4.69) is 28.9 Å². The van der Waals surface area contributed by atoms with E-state index in [4.69, 9.17) is 0 Å². The van der Waals surface area contributed by atoms with E-state index >= 15 is 0 Å². The third kappa shape index (κ3) is 1.70. The van der Waals surface area contributed by atoms with Crippen molar-refractivity contribution in [3.63, 3.8) is 0 Å². The van der Waals surface area contributed by atoms with Crippen LogP contribution in [0.15, 0.2) is 22.2 Å². The Morgan fingerprint density at radius 1 is 1.55 bits per heavy atom. The van der Waals surface area contributed by atoms with Crippen molar-refractivity contribution in [3.8, 4) is 0 Å². The van der Waals surface area contributed by atoms with E-state index in [-0.39, 0.29) is 0 Å². The first-order chi connectivity index (χ1) is 5.05. The number of hydrogen-bond acceptors (Lipinski definition) is 1. The fraction of sp³-hybridized carbons (Fsp3) is 0.444. The van der Waals surface area contributed by atoms with Crippen LogP contribution in [-0.2, 0) is 20.9 Å². The number of carbonyl (C=O) groups is 1. The molecule has 0 saturated heterocycles. The molecule has 0 radical (unpaired) electrons. The van der Waals surface area contributed by atoms with E-state index in [0.717, 1.165) is 6.42 Å². The van der Waals surface area contributed by atoms with E-state index in [1.165, 1.54) is 3.96 Å². The Morgan fingerprint density at radius 3 is 2.55 bits per heavy atom. The summed E-state index contributed by atoms with van der Waals surface area (Å²) < 4.78 is 1.83. The van der Waals surface area contributed by atoms with E-state index in [1.807, 2.05) is 0 Å². The van der Waals surface area contributed by atoms with Crippen molar-refractivity contribution in [2.45, 2.75) is 24.0 Å². The fourth-order valence-electron chi connectivity index (χ4n) is 0.844. The Morgan fingerprint density at radius 2 is 2.18 bits per heavy atom. The SMILES string of the molecule is C[C](=O)[Pt]([CH3])([CH3])[C]1=CC=CC1. The predicted octanol–water partition coefficient (Wildman–Crippen LogP) is 2.63. The quantitative estimate of drug-likeness (QED) is 0.759. The van der Waals surface area contributed by atoms with Crippen molar-refractivity contribution in [1.29, 1.82) is 0 Å². The molecule has 1 nitrogen and oxygen atoms in total. The van der Waals surface area contributed by atoms with Gasteiger partial charge in [0.15, 0.2) is 0 Å². The van der Waals surface area contributed by atoms with Crippen molar-refractivity contribution in [1.82, 2.24) is 0 Å². The van der Waals surface area contributed by atoms with E-state index in [1.54, 1.807) is 6.92 Å². The summed E-state index contributed by atoms with van der Waals surface area (Å²) in [6.07, 6.45) is 7.33. The van der Waals surface area contributed by atoms with Crippen molar-refractivity contribution < 1.29 is 20.9 Å². The summed E-state index contributed by atoms with van der Waals surface area (Å²) in [5.74, 6) is 0. The van der Waals surface area contributed by atoms with Crippen molar-refractivity contribution in [3.05, 3.63) is 22.2 Å². The van der Waals surface area contributed by atoms with Crippen LogP contribution in [-0.4, -0.2) is 4.17 Å². The minimum atomic E-state index is -2.12. The summed E-state index contributed by atoms with van der Waals surface area (Å²) in [5, 5.41) is 4.32. The molecule has 0 fully saturated rings. The van der Waals surface area contributed by atoms with Crippen LogP contribution in [0.2, 0.25) is 10.6 Å². The van der Waals surface area contributed by atoms with Gasteiger partial charge >= 0.3 is 71.2 Å². The summed E-state index contributed by atoms with van der Waals surface area (Å²) in [6.45, 7) is 1.73. The molecule has 0 spiro atoms.